The molecule has 0 atom stereocenters. The number of carbonyl (C=O) groups excluding carboxylic acids is 2. The van der Waals surface area contributed by atoms with E-state index in [1.807, 2.05) is 62.4 Å². The van der Waals surface area contributed by atoms with Crippen LogP contribution in [-0.2, 0) is 16.1 Å². The van der Waals surface area contributed by atoms with Crippen molar-refractivity contribution in [3.8, 4) is 5.75 Å². The minimum Gasteiger partial charge on any atom is -0.483 e. The maximum absolute atomic E-state index is 13.5. The molecule has 212 valence electrons. The van der Waals surface area contributed by atoms with Gasteiger partial charge in [0.25, 0.3) is 11.8 Å². The zero-order valence-corrected chi connectivity index (χ0v) is 24.5. The molecule has 10 heteroatoms. The fourth-order valence-electron chi connectivity index (χ4n) is 4.03. The number of anilines is 1. The van der Waals surface area contributed by atoms with Gasteiger partial charge in [-0.05, 0) is 85.3 Å². The molecule has 0 saturated carbocycles. The number of carbonyl (C=O) groups is 2. The molecule has 0 aliphatic carbocycles. The summed E-state index contributed by atoms with van der Waals surface area (Å²) in [5.41, 5.74) is 4.30. The molecule has 0 bridgehead atoms. The first-order valence-corrected chi connectivity index (χ1v) is 14.2. The van der Waals surface area contributed by atoms with E-state index < -0.39 is 0 Å². The molecule has 2 amide bonds. The molecule has 42 heavy (non-hydrogen) atoms. The normalized spacial score (nSPS) is 15.2. The van der Waals surface area contributed by atoms with Gasteiger partial charge >= 0.3 is 0 Å². The van der Waals surface area contributed by atoms with E-state index in [0.717, 1.165) is 16.7 Å². The van der Waals surface area contributed by atoms with Crippen LogP contribution in [0.15, 0.2) is 105 Å². The first-order valence-electron chi connectivity index (χ1n) is 13.0. The molecule has 5 rings (SSSR count). The van der Waals surface area contributed by atoms with E-state index in [0.29, 0.717) is 37.9 Å². The fraction of sp³-hybridized carbons (Fsp3) is 0.125. The van der Waals surface area contributed by atoms with Crippen molar-refractivity contribution < 1.29 is 18.7 Å². The summed E-state index contributed by atoms with van der Waals surface area (Å²) in [4.78, 5) is 28.0. The number of hydrogen-bond acceptors (Lipinski definition) is 7. The third kappa shape index (κ3) is 7.37. The van der Waals surface area contributed by atoms with Gasteiger partial charge in [0.05, 0.1) is 23.9 Å². The van der Waals surface area contributed by atoms with E-state index in [1.165, 1.54) is 16.7 Å². The lowest BCUT2D eigenvalue weighted by Gasteiger charge is -2.13. The van der Waals surface area contributed by atoms with Gasteiger partial charge in [-0.2, -0.15) is 5.10 Å². The van der Waals surface area contributed by atoms with Crippen LogP contribution in [-0.4, -0.2) is 34.7 Å². The highest BCUT2D eigenvalue weighted by molar-refractivity contribution is 8.18. The van der Waals surface area contributed by atoms with Gasteiger partial charge in [0.15, 0.2) is 11.8 Å². The minimum absolute atomic E-state index is 0.187. The second kappa shape index (κ2) is 13.4. The van der Waals surface area contributed by atoms with Gasteiger partial charge in [-0.3, -0.25) is 14.5 Å². The van der Waals surface area contributed by atoms with Crippen LogP contribution >= 0.6 is 23.4 Å². The lowest BCUT2D eigenvalue weighted by molar-refractivity contribution is -0.122. The number of amidine groups is 1. The number of ether oxygens (including phenoxy) is 1. The zero-order valence-electron chi connectivity index (χ0n) is 22.9. The van der Waals surface area contributed by atoms with Crippen molar-refractivity contribution in [2.75, 3.05) is 11.9 Å². The van der Waals surface area contributed by atoms with Gasteiger partial charge in [-0.1, -0.05) is 53.6 Å². The van der Waals surface area contributed by atoms with Crippen molar-refractivity contribution in [3.63, 3.8) is 0 Å². The van der Waals surface area contributed by atoms with E-state index in [9.17, 15) is 9.59 Å². The Kier molecular flexibility index (Phi) is 9.21. The van der Waals surface area contributed by atoms with Crippen molar-refractivity contribution in [1.29, 1.82) is 0 Å². The summed E-state index contributed by atoms with van der Waals surface area (Å²) in [6.07, 6.45) is 4.89. The van der Waals surface area contributed by atoms with Gasteiger partial charge in [0, 0.05) is 16.3 Å². The highest BCUT2D eigenvalue weighted by Gasteiger charge is 2.34. The van der Waals surface area contributed by atoms with Crippen molar-refractivity contribution in [2.45, 2.75) is 20.4 Å². The van der Waals surface area contributed by atoms with Gasteiger partial charge < -0.3 is 14.5 Å². The number of furan rings is 1. The molecule has 1 fully saturated rings. The van der Waals surface area contributed by atoms with Crippen molar-refractivity contribution >= 4 is 58.3 Å². The minimum atomic E-state index is -0.315. The lowest BCUT2D eigenvalue weighted by Crippen LogP contribution is -2.28. The van der Waals surface area contributed by atoms with E-state index >= 15 is 0 Å². The van der Waals surface area contributed by atoms with Crippen LogP contribution in [0.1, 0.15) is 28.0 Å². The summed E-state index contributed by atoms with van der Waals surface area (Å²) in [6, 6.07) is 23.9. The van der Waals surface area contributed by atoms with Gasteiger partial charge in [0.2, 0.25) is 0 Å². The summed E-state index contributed by atoms with van der Waals surface area (Å²) in [5.74, 6) is 0.417. The molecule has 4 aromatic rings. The first-order chi connectivity index (χ1) is 20.4. The van der Waals surface area contributed by atoms with Crippen molar-refractivity contribution in [2.24, 2.45) is 10.2 Å². The number of aryl methyl sites for hydroxylation is 2. The molecule has 1 saturated heterocycles. The quantitative estimate of drug-likeness (QED) is 0.126. The average Bonchev–Trinajstić information content (AvgIpc) is 3.59. The topological polar surface area (TPSA) is 96.5 Å². The van der Waals surface area contributed by atoms with Crippen LogP contribution in [0.25, 0.3) is 6.08 Å². The van der Waals surface area contributed by atoms with E-state index in [1.54, 1.807) is 48.9 Å². The Morgan fingerprint density at radius 1 is 1.05 bits per heavy atom. The standard InChI is InChI=1S/C32H27ClN4O4S/c1-21-9-12-26(13-10-21)35-30(38)20-41-28-14-11-25(33)16-24(28)17-29-31(39)37(19-27-8-5-15-40-27)32(42-29)36-34-18-23-7-4-3-6-22(23)2/h3-18H,19-20H2,1-2H3,(H,35,38)/b29-17-,34-18-,36-32+. The summed E-state index contributed by atoms with van der Waals surface area (Å²) in [5, 5.41) is 12.3. The van der Waals surface area contributed by atoms with Gasteiger partial charge in [-0.15, -0.1) is 5.10 Å². The number of rotatable bonds is 9. The van der Waals surface area contributed by atoms with E-state index in [4.69, 9.17) is 20.8 Å². The van der Waals surface area contributed by atoms with E-state index in [-0.39, 0.29) is 25.0 Å². The predicted molar refractivity (Wildman–Crippen MR) is 168 cm³/mol. The summed E-state index contributed by atoms with van der Waals surface area (Å²) >= 11 is 7.47. The monoisotopic (exact) mass is 598 g/mol. The van der Waals surface area contributed by atoms with E-state index in [2.05, 4.69) is 15.5 Å². The molecular formula is C32H27ClN4O4S. The number of thioether (sulfide) groups is 1. The Morgan fingerprint density at radius 3 is 2.62 bits per heavy atom. The number of benzene rings is 3. The lowest BCUT2D eigenvalue weighted by atomic mass is 10.1. The molecule has 1 aromatic heterocycles. The van der Waals surface area contributed by atoms with Crippen LogP contribution < -0.4 is 10.1 Å². The Labute approximate surface area is 252 Å². The van der Waals surface area contributed by atoms with Crippen LogP contribution in [0.2, 0.25) is 5.02 Å². The van der Waals surface area contributed by atoms with Crippen LogP contribution in [0.4, 0.5) is 5.69 Å². The summed E-state index contributed by atoms with van der Waals surface area (Å²) < 4.78 is 11.3. The van der Waals surface area contributed by atoms with Crippen LogP contribution in [0, 0.1) is 13.8 Å². The molecule has 2 heterocycles. The fourth-order valence-corrected chi connectivity index (χ4v) is 5.14. The molecule has 3 aromatic carbocycles. The third-order valence-electron chi connectivity index (χ3n) is 6.26. The smallest absolute Gasteiger partial charge is 0.267 e. The van der Waals surface area contributed by atoms with Crippen LogP contribution in [0.5, 0.6) is 5.75 Å². The third-order valence-corrected chi connectivity index (χ3v) is 7.50. The molecule has 0 unspecified atom stereocenters. The van der Waals surface area contributed by atoms with Crippen molar-refractivity contribution in [3.05, 3.63) is 123 Å². The Hall–Kier alpha value is -4.60. The first kappa shape index (κ1) is 28.9. The zero-order chi connectivity index (χ0) is 29.5. The van der Waals surface area contributed by atoms with Crippen LogP contribution in [0.3, 0.4) is 0 Å². The number of amides is 2. The van der Waals surface area contributed by atoms with Gasteiger partial charge in [0.1, 0.15) is 11.5 Å². The molecule has 1 N–H and O–H groups in total. The summed E-state index contributed by atoms with van der Waals surface area (Å²) in [7, 11) is 0. The Bertz CT molecular complexity index is 1680. The molecule has 0 spiro atoms. The van der Waals surface area contributed by atoms with Gasteiger partial charge in [-0.25, -0.2) is 0 Å². The molecule has 0 radical (unpaired) electrons. The Balaban J connectivity index is 1.37. The number of halogens is 1. The average molecular weight is 599 g/mol. The number of nitrogens with zero attached hydrogens (tertiary/aromatic N) is 3. The molecule has 8 nitrogen and oxygen atoms in total. The highest BCUT2D eigenvalue weighted by Crippen LogP contribution is 2.36. The maximum atomic E-state index is 13.5. The maximum Gasteiger partial charge on any atom is 0.267 e. The largest absolute Gasteiger partial charge is 0.483 e. The Morgan fingerprint density at radius 2 is 1.86 bits per heavy atom. The molecule has 1 aliphatic heterocycles. The number of nitrogens with one attached hydrogen (secondary N) is 1. The second-order valence-electron chi connectivity index (χ2n) is 9.45. The highest BCUT2D eigenvalue weighted by atomic mass is 35.5. The molecular weight excluding hydrogens is 572 g/mol. The summed E-state index contributed by atoms with van der Waals surface area (Å²) in [6.45, 7) is 3.93. The van der Waals surface area contributed by atoms with Crippen molar-refractivity contribution in [1.82, 2.24) is 4.90 Å². The predicted octanol–water partition coefficient (Wildman–Crippen LogP) is 7.07. The molecule has 1 aliphatic rings. The SMILES string of the molecule is Cc1ccc(NC(=O)COc2ccc(Cl)cc2/C=C2\S/C(=N/N=C\c3ccccc3C)N(Cc3ccco3)C2=O)cc1. The second-order valence-corrected chi connectivity index (χ2v) is 10.9. The number of hydrogen-bond donors (Lipinski definition) is 1.